The standard InChI is InChI=1S/C18H32N2O2/c1-14(2)16(21)13-19-9-5-18(6-10-19)7-11-20(12-8-18)17(22)15(3)4/h14-15H,5-13H2,1-4H3. The van der Waals surface area contributed by atoms with Gasteiger partial charge in [-0.25, -0.2) is 0 Å². The van der Waals surface area contributed by atoms with Crippen molar-refractivity contribution in [3.05, 3.63) is 0 Å². The van der Waals surface area contributed by atoms with E-state index in [0.29, 0.717) is 23.7 Å². The maximum absolute atomic E-state index is 12.1. The molecule has 0 aliphatic carbocycles. The Bertz CT molecular complexity index is 399. The van der Waals surface area contributed by atoms with Gasteiger partial charge >= 0.3 is 0 Å². The minimum atomic E-state index is 0.109. The number of carbonyl (C=O) groups excluding carboxylic acids is 2. The van der Waals surface area contributed by atoms with Crippen molar-refractivity contribution < 1.29 is 9.59 Å². The molecule has 0 N–H and O–H groups in total. The molecule has 4 heteroatoms. The fourth-order valence-electron chi connectivity index (χ4n) is 3.66. The van der Waals surface area contributed by atoms with Crippen molar-refractivity contribution in [2.24, 2.45) is 17.3 Å². The average Bonchev–Trinajstić information content (AvgIpc) is 2.49. The third kappa shape index (κ3) is 4.09. The van der Waals surface area contributed by atoms with Gasteiger partial charge in [-0.05, 0) is 44.2 Å². The first kappa shape index (κ1) is 17.5. The highest BCUT2D eigenvalue weighted by Gasteiger charge is 2.38. The molecule has 0 atom stereocenters. The molecule has 0 aromatic carbocycles. The van der Waals surface area contributed by atoms with E-state index in [2.05, 4.69) is 4.90 Å². The lowest BCUT2D eigenvalue weighted by Crippen LogP contribution is -2.49. The van der Waals surface area contributed by atoms with E-state index in [0.717, 1.165) is 39.0 Å². The quantitative estimate of drug-likeness (QED) is 0.801. The Labute approximate surface area is 135 Å². The number of ketones is 1. The molecule has 0 aromatic heterocycles. The Balaban J connectivity index is 1.80. The van der Waals surface area contributed by atoms with E-state index in [4.69, 9.17) is 0 Å². The number of piperidine rings is 2. The van der Waals surface area contributed by atoms with Gasteiger partial charge in [0.1, 0.15) is 5.78 Å². The fourth-order valence-corrected chi connectivity index (χ4v) is 3.66. The van der Waals surface area contributed by atoms with Crippen molar-refractivity contribution in [3.8, 4) is 0 Å². The second-order valence-electron chi connectivity index (χ2n) is 7.88. The van der Waals surface area contributed by atoms with Gasteiger partial charge < -0.3 is 4.90 Å². The summed E-state index contributed by atoms with van der Waals surface area (Å²) in [5.41, 5.74) is 0.422. The van der Waals surface area contributed by atoms with Crippen LogP contribution < -0.4 is 0 Å². The predicted octanol–water partition coefficient (Wildman–Crippen LogP) is 2.57. The van der Waals surface area contributed by atoms with Crippen LogP contribution in [0.15, 0.2) is 0 Å². The van der Waals surface area contributed by atoms with Crippen LogP contribution in [0, 0.1) is 17.3 Å². The molecular weight excluding hydrogens is 276 g/mol. The molecule has 2 rings (SSSR count). The first-order chi connectivity index (χ1) is 10.3. The Morgan fingerprint density at radius 2 is 1.36 bits per heavy atom. The smallest absolute Gasteiger partial charge is 0.225 e. The van der Waals surface area contributed by atoms with E-state index < -0.39 is 0 Å². The van der Waals surface area contributed by atoms with Crippen LogP contribution in [0.2, 0.25) is 0 Å². The summed E-state index contributed by atoms with van der Waals surface area (Å²) >= 11 is 0. The summed E-state index contributed by atoms with van der Waals surface area (Å²) in [6.45, 7) is 12.5. The molecule has 2 aliphatic rings. The molecule has 4 nitrogen and oxygen atoms in total. The largest absolute Gasteiger partial charge is 0.342 e. The number of rotatable bonds is 4. The molecule has 2 aliphatic heterocycles. The van der Waals surface area contributed by atoms with Gasteiger partial charge in [-0.1, -0.05) is 27.7 Å². The summed E-state index contributed by atoms with van der Waals surface area (Å²) in [6.07, 6.45) is 4.64. The summed E-state index contributed by atoms with van der Waals surface area (Å²) < 4.78 is 0. The summed E-state index contributed by atoms with van der Waals surface area (Å²) in [5.74, 6) is 0.905. The minimum absolute atomic E-state index is 0.109. The number of likely N-dealkylation sites (tertiary alicyclic amines) is 2. The topological polar surface area (TPSA) is 40.6 Å². The lowest BCUT2D eigenvalue weighted by molar-refractivity contribution is -0.137. The maximum Gasteiger partial charge on any atom is 0.225 e. The van der Waals surface area contributed by atoms with E-state index in [-0.39, 0.29) is 11.8 Å². The lowest BCUT2D eigenvalue weighted by atomic mass is 9.71. The van der Waals surface area contributed by atoms with Crippen LogP contribution in [0.25, 0.3) is 0 Å². The molecule has 1 spiro atoms. The van der Waals surface area contributed by atoms with Gasteiger partial charge in [-0.15, -0.1) is 0 Å². The zero-order valence-electron chi connectivity index (χ0n) is 14.7. The molecule has 0 radical (unpaired) electrons. The molecule has 0 aromatic rings. The molecule has 2 fully saturated rings. The van der Waals surface area contributed by atoms with E-state index >= 15 is 0 Å². The molecule has 2 saturated heterocycles. The number of amides is 1. The van der Waals surface area contributed by atoms with E-state index in [1.54, 1.807) is 0 Å². The SMILES string of the molecule is CC(C)C(=O)CN1CCC2(CC1)CCN(C(=O)C(C)C)CC2. The summed E-state index contributed by atoms with van der Waals surface area (Å²) in [6, 6.07) is 0. The molecule has 22 heavy (non-hydrogen) atoms. The van der Waals surface area contributed by atoms with E-state index in [9.17, 15) is 9.59 Å². The second-order valence-corrected chi connectivity index (χ2v) is 7.88. The highest BCUT2D eigenvalue weighted by molar-refractivity contribution is 5.82. The van der Waals surface area contributed by atoms with Gasteiger partial charge in [0, 0.05) is 24.9 Å². The molecule has 0 unspecified atom stereocenters. The lowest BCUT2D eigenvalue weighted by Gasteiger charge is -2.47. The summed E-state index contributed by atoms with van der Waals surface area (Å²) in [5, 5.41) is 0. The van der Waals surface area contributed by atoms with Crippen LogP contribution in [-0.4, -0.2) is 54.2 Å². The van der Waals surface area contributed by atoms with Crippen molar-refractivity contribution in [2.75, 3.05) is 32.7 Å². The van der Waals surface area contributed by atoms with Gasteiger partial charge in [0.25, 0.3) is 0 Å². The van der Waals surface area contributed by atoms with E-state index in [1.807, 2.05) is 32.6 Å². The van der Waals surface area contributed by atoms with Crippen LogP contribution in [0.1, 0.15) is 53.4 Å². The highest BCUT2D eigenvalue weighted by atomic mass is 16.2. The molecule has 126 valence electrons. The molecular formula is C18H32N2O2. The average molecular weight is 308 g/mol. The second kappa shape index (κ2) is 7.12. The predicted molar refractivity (Wildman–Crippen MR) is 88.6 cm³/mol. The van der Waals surface area contributed by atoms with Crippen molar-refractivity contribution in [1.82, 2.24) is 9.80 Å². The highest BCUT2D eigenvalue weighted by Crippen LogP contribution is 2.41. The number of Topliss-reactive ketones (excluding diaryl/α,β-unsaturated/α-hetero) is 1. The van der Waals surface area contributed by atoms with Gasteiger partial charge in [0.05, 0.1) is 6.54 Å². The first-order valence-corrected chi connectivity index (χ1v) is 8.87. The third-order valence-corrected chi connectivity index (χ3v) is 5.57. The summed E-state index contributed by atoms with van der Waals surface area (Å²) in [4.78, 5) is 28.3. The first-order valence-electron chi connectivity index (χ1n) is 8.87. The molecule has 2 heterocycles. The zero-order chi connectivity index (χ0) is 16.3. The Hall–Kier alpha value is -0.900. The van der Waals surface area contributed by atoms with Gasteiger partial charge in [-0.2, -0.15) is 0 Å². The number of nitrogens with zero attached hydrogens (tertiary/aromatic N) is 2. The van der Waals surface area contributed by atoms with Crippen LogP contribution in [0.5, 0.6) is 0 Å². The van der Waals surface area contributed by atoms with Crippen molar-refractivity contribution >= 4 is 11.7 Å². The Kier molecular flexibility index (Phi) is 5.65. The summed E-state index contributed by atoms with van der Waals surface area (Å²) in [7, 11) is 0. The normalized spacial score (nSPS) is 22.5. The number of carbonyl (C=O) groups is 2. The van der Waals surface area contributed by atoms with Gasteiger partial charge in [-0.3, -0.25) is 14.5 Å². The fraction of sp³-hybridized carbons (Fsp3) is 0.889. The Morgan fingerprint density at radius 1 is 0.864 bits per heavy atom. The monoisotopic (exact) mass is 308 g/mol. The Morgan fingerprint density at radius 3 is 1.82 bits per heavy atom. The van der Waals surface area contributed by atoms with Crippen LogP contribution in [0.3, 0.4) is 0 Å². The molecule has 0 saturated carbocycles. The van der Waals surface area contributed by atoms with Crippen molar-refractivity contribution in [2.45, 2.75) is 53.4 Å². The third-order valence-electron chi connectivity index (χ3n) is 5.57. The zero-order valence-corrected chi connectivity index (χ0v) is 14.7. The van der Waals surface area contributed by atoms with Crippen LogP contribution >= 0.6 is 0 Å². The maximum atomic E-state index is 12.1. The van der Waals surface area contributed by atoms with Gasteiger partial charge in [0.2, 0.25) is 5.91 Å². The van der Waals surface area contributed by atoms with Gasteiger partial charge in [0.15, 0.2) is 0 Å². The molecule has 0 bridgehead atoms. The number of hydrogen-bond donors (Lipinski definition) is 0. The van der Waals surface area contributed by atoms with Crippen molar-refractivity contribution in [3.63, 3.8) is 0 Å². The van der Waals surface area contributed by atoms with Crippen molar-refractivity contribution in [1.29, 1.82) is 0 Å². The van der Waals surface area contributed by atoms with Crippen LogP contribution in [0.4, 0.5) is 0 Å². The minimum Gasteiger partial charge on any atom is -0.342 e. The van der Waals surface area contributed by atoms with Crippen LogP contribution in [-0.2, 0) is 9.59 Å². The molecule has 1 amide bonds. The number of hydrogen-bond acceptors (Lipinski definition) is 3. The van der Waals surface area contributed by atoms with E-state index in [1.165, 1.54) is 12.8 Å².